The third-order valence-corrected chi connectivity index (χ3v) is 11.7. The minimum absolute atomic E-state index is 0.648. The second kappa shape index (κ2) is 10.7. The van der Waals surface area contributed by atoms with Gasteiger partial charge in [0.25, 0.3) is 0 Å². The summed E-state index contributed by atoms with van der Waals surface area (Å²) >= 11 is 20.7. The standard InChI is InChI=1S/C14H6Br6N2O2S2/c15-7-1-3-9(13(19)11(7)17)21(5-23)25-26-22(6-24)10-4-2-8(16)12(18)14(10)20/h1-6H. The molecule has 0 atom stereocenters. The van der Waals surface area contributed by atoms with Crippen molar-refractivity contribution in [3.8, 4) is 0 Å². The van der Waals surface area contributed by atoms with E-state index in [-0.39, 0.29) is 0 Å². The number of nitrogens with zero attached hydrogens (tertiary/aromatic N) is 2. The van der Waals surface area contributed by atoms with Crippen LogP contribution in [0.2, 0.25) is 0 Å². The molecule has 2 amide bonds. The van der Waals surface area contributed by atoms with Gasteiger partial charge in [0.1, 0.15) is 0 Å². The number of amides is 2. The molecular formula is C14H6Br6N2O2S2. The number of hydrogen-bond donors (Lipinski definition) is 0. The minimum Gasteiger partial charge on any atom is -0.277 e. The number of rotatable bonds is 7. The molecular weight excluding hydrogens is 772 g/mol. The summed E-state index contributed by atoms with van der Waals surface area (Å²) in [5.41, 5.74) is 1.30. The zero-order chi connectivity index (χ0) is 19.4. The van der Waals surface area contributed by atoms with Crippen molar-refractivity contribution >= 4 is 142 Å². The second-order valence-corrected chi connectivity index (χ2v) is 11.3. The summed E-state index contributed by atoms with van der Waals surface area (Å²) in [5.74, 6) is 0. The molecule has 0 spiro atoms. The van der Waals surface area contributed by atoms with Crippen LogP contribution in [0.5, 0.6) is 0 Å². The van der Waals surface area contributed by atoms with E-state index in [9.17, 15) is 9.59 Å². The van der Waals surface area contributed by atoms with Crippen LogP contribution in [0.3, 0.4) is 0 Å². The van der Waals surface area contributed by atoms with Crippen LogP contribution in [-0.4, -0.2) is 12.8 Å². The molecule has 0 N–H and O–H groups in total. The van der Waals surface area contributed by atoms with Gasteiger partial charge in [0.15, 0.2) is 0 Å². The Morgan fingerprint density at radius 1 is 0.615 bits per heavy atom. The Labute approximate surface area is 208 Å². The predicted octanol–water partition coefficient (Wildman–Crippen LogP) is 8.10. The molecule has 0 aliphatic rings. The first kappa shape index (κ1) is 23.2. The van der Waals surface area contributed by atoms with Gasteiger partial charge in [-0.25, -0.2) is 8.61 Å². The van der Waals surface area contributed by atoms with Crippen molar-refractivity contribution in [1.29, 1.82) is 0 Å². The lowest BCUT2D eigenvalue weighted by Gasteiger charge is -2.22. The number of carbonyl (C=O) groups excluding carboxylic acids is 2. The van der Waals surface area contributed by atoms with Crippen LogP contribution in [0.15, 0.2) is 51.1 Å². The molecule has 0 saturated carbocycles. The Balaban J connectivity index is 2.24. The van der Waals surface area contributed by atoms with Gasteiger partial charge in [-0.05, 0) is 120 Å². The molecule has 0 fully saturated rings. The number of hydrogen-bond acceptors (Lipinski definition) is 4. The maximum Gasteiger partial charge on any atom is 0.225 e. The van der Waals surface area contributed by atoms with E-state index in [0.717, 1.165) is 48.8 Å². The lowest BCUT2D eigenvalue weighted by atomic mass is 10.3. The molecule has 26 heavy (non-hydrogen) atoms. The number of halogens is 6. The summed E-state index contributed by atoms with van der Waals surface area (Å²) in [7, 11) is 2.22. The second-order valence-electron chi connectivity index (χ2n) is 4.40. The van der Waals surface area contributed by atoms with Crippen LogP contribution in [-0.2, 0) is 9.59 Å². The molecule has 0 heterocycles. The van der Waals surface area contributed by atoms with E-state index in [1.54, 1.807) is 12.1 Å². The molecule has 0 saturated heterocycles. The highest BCUT2D eigenvalue weighted by Gasteiger charge is 2.19. The Morgan fingerprint density at radius 3 is 1.27 bits per heavy atom. The van der Waals surface area contributed by atoms with Gasteiger partial charge in [0, 0.05) is 17.9 Å². The molecule has 0 aliphatic heterocycles. The van der Waals surface area contributed by atoms with Crippen LogP contribution in [0.4, 0.5) is 11.4 Å². The first-order valence-corrected chi connectivity index (χ1v) is 13.2. The van der Waals surface area contributed by atoms with Crippen LogP contribution in [0.25, 0.3) is 0 Å². The zero-order valence-electron chi connectivity index (χ0n) is 12.3. The quantitative estimate of drug-likeness (QED) is 0.123. The van der Waals surface area contributed by atoms with E-state index in [0.29, 0.717) is 24.2 Å². The molecule has 138 valence electrons. The predicted molar refractivity (Wildman–Crippen MR) is 131 cm³/mol. The lowest BCUT2D eigenvalue weighted by Crippen LogP contribution is -2.16. The Bertz CT molecular complexity index is 785. The van der Waals surface area contributed by atoms with Crippen molar-refractivity contribution in [3.05, 3.63) is 51.1 Å². The largest absolute Gasteiger partial charge is 0.277 e. The normalized spacial score (nSPS) is 10.5. The fraction of sp³-hybridized carbons (Fsp3) is 0. The van der Waals surface area contributed by atoms with Gasteiger partial charge < -0.3 is 0 Å². The average Bonchev–Trinajstić information content (AvgIpc) is 2.63. The highest BCUT2D eigenvalue weighted by molar-refractivity contribution is 9.15. The van der Waals surface area contributed by atoms with E-state index in [1.165, 1.54) is 8.61 Å². The number of benzene rings is 2. The van der Waals surface area contributed by atoms with Crippen molar-refractivity contribution in [1.82, 2.24) is 0 Å². The van der Waals surface area contributed by atoms with Crippen LogP contribution in [0, 0.1) is 0 Å². The van der Waals surface area contributed by atoms with Crippen LogP contribution in [0.1, 0.15) is 0 Å². The Kier molecular flexibility index (Phi) is 9.52. The summed E-state index contributed by atoms with van der Waals surface area (Å²) in [5, 5.41) is 0. The first-order valence-electron chi connectivity index (χ1n) is 6.42. The summed E-state index contributed by atoms with van der Waals surface area (Å²) < 4.78 is 7.58. The van der Waals surface area contributed by atoms with Gasteiger partial charge >= 0.3 is 0 Å². The summed E-state index contributed by atoms with van der Waals surface area (Å²) in [6, 6.07) is 7.23. The Hall–Kier alpha value is 0.960. The van der Waals surface area contributed by atoms with Crippen LogP contribution < -0.4 is 8.61 Å². The fourth-order valence-corrected chi connectivity index (χ4v) is 6.65. The summed E-state index contributed by atoms with van der Waals surface area (Å²) in [6.45, 7) is 0. The maximum absolute atomic E-state index is 11.6. The molecule has 2 aromatic rings. The smallest absolute Gasteiger partial charge is 0.225 e. The van der Waals surface area contributed by atoms with E-state index in [4.69, 9.17) is 0 Å². The number of carbonyl (C=O) groups is 2. The molecule has 12 heteroatoms. The van der Waals surface area contributed by atoms with E-state index < -0.39 is 0 Å². The summed E-state index contributed by atoms with van der Waals surface area (Å²) in [6.07, 6.45) is 1.38. The van der Waals surface area contributed by atoms with Gasteiger partial charge in [-0.15, -0.1) is 0 Å². The maximum atomic E-state index is 11.6. The lowest BCUT2D eigenvalue weighted by molar-refractivity contribution is -0.107. The van der Waals surface area contributed by atoms with Gasteiger partial charge in [-0.3, -0.25) is 9.59 Å². The molecule has 0 aromatic heterocycles. The van der Waals surface area contributed by atoms with E-state index in [2.05, 4.69) is 95.6 Å². The van der Waals surface area contributed by atoms with Gasteiger partial charge in [0.2, 0.25) is 12.8 Å². The minimum atomic E-state index is 0.648. The fourth-order valence-electron chi connectivity index (χ4n) is 1.67. The van der Waals surface area contributed by atoms with Gasteiger partial charge in [-0.2, -0.15) is 0 Å². The number of anilines is 2. The van der Waals surface area contributed by atoms with Gasteiger partial charge in [-0.1, -0.05) is 0 Å². The van der Waals surface area contributed by atoms with Crippen molar-refractivity contribution in [2.24, 2.45) is 0 Å². The zero-order valence-corrected chi connectivity index (χ0v) is 23.4. The molecule has 0 radical (unpaired) electrons. The van der Waals surface area contributed by atoms with Crippen molar-refractivity contribution in [2.75, 3.05) is 8.61 Å². The van der Waals surface area contributed by atoms with Gasteiger partial charge in [0.05, 0.1) is 42.3 Å². The third-order valence-electron chi connectivity index (χ3n) is 2.89. The van der Waals surface area contributed by atoms with E-state index >= 15 is 0 Å². The van der Waals surface area contributed by atoms with E-state index in [1.807, 2.05) is 12.1 Å². The van der Waals surface area contributed by atoms with Crippen molar-refractivity contribution < 1.29 is 9.59 Å². The molecule has 0 unspecified atom stereocenters. The highest BCUT2D eigenvalue weighted by atomic mass is 79.9. The highest BCUT2D eigenvalue weighted by Crippen LogP contribution is 2.45. The molecule has 0 aliphatic carbocycles. The van der Waals surface area contributed by atoms with Crippen molar-refractivity contribution in [2.45, 2.75) is 0 Å². The first-order chi connectivity index (χ1) is 12.3. The summed E-state index contributed by atoms with van der Waals surface area (Å²) in [4.78, 5) is 23.1. The molecule has 4 nitrogen and oxygen atoms in total. The molecule has 0 bridgehead atoms. The average molecular weight is 778 g/mol. The molecule has 2 aromatic carbocycles. The monoisotopic (exact) mass is 771 g/mol. The SMILES string of the molecule is O=CN(SSN(C=O)c1ccc(Br)c(Br)c1Br)c1ccc(Br)c(Br)c1Br. The third kappa shape index (κ3) is 5.31. The molecule has 2 rings (SSSR count). The van der Waals surface area contributed by atoms with Crippen molar-refractivity contribution in [3.63, 3.8) is 0 Å². The van der Waals surface area contributed by atoms with Crippen LogP contribution >= 0.6 is 118 Å². The Morgan fingerprint density at radius 2 is 0.962 bits per heavy atom. The topological polar surface area (TPSA) is 40.6 Å².